The maximum Gasteiger partial charge on any atom is 0.323 e. The molecule has 2 aromatic rings. The van der Waals surface area contributed by atoms with E-state index in [1.807, 2.05) is 12.1 Å². The van der Waals surface area contributed by atoms with E-state index in [1.54, 1.807) is 0 Å². The van der Waals surface area contributed by atoms with Crippen LogP contribution < -0.4 is 5.69 Å². The van der Waals surface area contributed by atoms with Crippen LogP contribution in [0.4, 0.5) is 0 Å². The number of imidazole rings is 1. The Hall–Kier alpha value is -0.550. The summed E-state index contributed by atoms with van der Waals surface area (Å²) in [6, 6.07) is 3.83. The average molecular weight is 306 g/mol. The fraction of sp³-hybridized carbons (Fsp3) is 0.125. The van der Waals surface area contributed by atoms with Crippen molar-refractivity contribution in [2.75, 3.05) is 0 Å². The first-order valence-corrected chi connectivity index (χ1v) is 5.58. The van der Waals surface area contributed by atoms with Crippen LogP contribution in [-0.2, 0) is 5.33 Å². The molecule has 0 amide bonds. The van der Waals surface area contributed by atoms with Crippen LogP contribution in [0.5, 0.6) is 0 Å². The Morgan fingerprint density at radius 2 is 1.85 bits per heavy atom. The van der Waals surface area contributed by atoms with Gasteiger partial charge in [0.05, 0.1) is 11.0 Å². The normalized spacial score (nSPS) is 10.9. The van der Waals surface area contributed by atoms with Gasteiger partial charge < -0.3 is 9.97 Å². The van der Waals surface area contributed by atoms with Crippen LogP contribution in [0.15, 0.2) is 21.4 Å². The van der Waals surface area contributed by atoms with Gasteiger partial charge in [0, 0.05) is 9.80 Å². The van der Waals surface area contributed by atoms with Gasteiger partial charge in [0.2, 0.25) is 0 Å². The zero-order valence-corrected chi connectivity index (χ0v) is 9.70. The van der Waals surface area contributed by atoms with Gasteiger partial charge in [-0.25, -0.2) is 4.79 Å². The highest BCUT2D eigenvalue weighted by Gasteiger charge is 2.03. The first kappa shape index (κ1) is 9.02. The topological polar surface area (TPSA) is 48.6 Å². The number of H-pyrrole nitrogens is 2. The van der Waals surface area contributed by atoms with Crippen molar-refractivity contribution in [1.29, 1.82) is 0 Å². The lowest BCUT2D eigenvalue weighted by Crippen LogP contribution is -1.99. The Kier molecular flexibility index (Phi) is 2.29. The Labute approximate surface area is 90.8 Å². The molecule has 0 bridgehead atoms. The molecule has 1 aromatic heterocycles. The largest absolute Gasteiger partial charge is 0.323 e. The minimum Gasteiger partial charge on any atom is -0.306 e. The van der Waals surface area contributed by atoms with Crippen LogP contribution in [0, 0.1) is 0 Å². The smallest absolute Gasteiger partial charge is 0.306 e. The van der Waals surface area contributed by atoms with Crippen molar-refractivity contribution in [2.24, 2.45) is 0 Å². The number of hydrogen-bond acceptors (Lipinski definition) is 1. The van der Waals surface area contributed by atoms with Crippen molar-refractivity contribution in [3.63, 3.8) is 0 Å². The Morgan fingerprint density at radius 1 is 1.23 bits per heavy atom. The molecule has 2 N–H and O–H groups in total. The van der Waals surface area contributed by atoms with E-state index in [2.05, 4.69) is 41.8 Å². The van der Waals surface area contributed by atoms with Crippen molar-refractivity contribution in [3.05, 3.63) is 32.7 Å². The van der Waals surface area contributed by atoms with Crippen LogP contribution in [-0.4, -0.2) is 9.97 Å². The van der Waals surface area contributed by atoms with E-state index < -0.39 is 0 Å². The van der Waals surface area contributed by atoms with Crippen molar-refractivity contribution in [2.45, 2.75) is 5.33 Å². The summed E-state index contributed by atoms with van der Waals surface area (Å²) >= 11 is 6.79. The number of aromatic nitrogens is 2. The standard InChI is InChI=1S/C8H6Br2N2O/c9-3-4-1-6-7(2-5(4)10)12-8(13)11-6/h1-2H,3H2,(H2,11,12,13). The van der Waals surface area contributed by atoms with Crippen LogP contribution in [0.2, 0.25) is 0 Å². The van der Waals surface area contributed by atoms with Gasteiger partial charge in [-0.05, 0) is 17.7 Å². The van der Waals surface area contributed by atoms with E-state index in [-0.39, 0.29) is 5.69 Å². The second kappa shape index (κ2) is 3.31. The summed E-state index contributed by atoms with van der Waals surface area (Å²) in [7, 11) is 0. The van der Waals surface area contributed by atoms with Crippen molar-refractivity contribution in [1.82, 2.24) is 9.97 Å². The molecular formula is C8H6Br2N2O. The monoisotopic (exact) mass is 304 g/mol. The number of fused-ring (bicyclic) bond motifs is 1. The van der Waals surface area contributed by atoms with Crippen LogP contribution in [0.25, 0.3) is 11.0 Å². The molecule has 0 radical (unpaired) electrons. The Bertz CT molecular complexity index is 500. The quantitative estimate of drug-likeness (QED) is 0.782. The minimum absolute atomic E-state index is 0.173. The van der Waals surface area contributed by atoms with Crippen molar-refractivity contribution >= 4 is 42.9 Å². The third kappa shape index (κ3) is 1.58. The molecule has 0 unspecified atom stereocenters. The molecule has 1 heterocycles. The van der Waals surface area contributed by atoms with Crippen LogP contribution in [0.1, 0.15) is 5.56 Å². The lowest BCUT2D eigenvalue weighted by atomic mass is 10.2. The molecule has 0 aliphatic rings. The van der Waals surface area contributed by atoms with Gasteiger partial charge in [-0.2, -0.15) is 0 Å². The molecule has 0 aliphatic carbocycles. The molecule has 13 heavy (non-hydrogen) atoms. The van der Waals surface area contributed by atoms with Gasteiger partial charge >= 0.3 is 5.69 Å². The summed E-state index contributed by atoms with van der Waals surface area (Å²) in [6.45, 7) is 0. The minimum atomic E-state index is -0.173. The molecule has 0 saturated carbocycles. The molecular weight excluding hydrogens is 300 g/mol. The van der Waals surface area contributed by atoms with E-state index in [0.717, 1.165) is 26.4 Å². The maximum absolute atomic E-state index is 11.0. The summed E-state index contributed by atoms with van der Waals surface area (Å²) in [5.41, 5.74) is 2.60. The molecule has 68 valence electrons. The number of rotatable bonds is 1. The number of aromatic amines is 2. The van der Waals surface area contributed by atoms with E-state index >= 15 is 0 Å². The van der Waals surface area contributed by atoms with Crippen molar-refractivity contribution in [3.8, 4) is 0 Å². The third-order valence-corrected chi connectivity index (χ3v) is 3.17. The fourth-order valence-corrected chi connectivity index (χ4v) is 2.53. The van der Waals surface area contributed by atoms with Gasteiger partial charge in [0.25, 0.3) is 0 Å². The summed E-state index contributed by atoms with van der Waals surface area (Å²) in [5, 5.41) is 0.761. The van der Waals surface area contributed by atoms with Gasteiger partial charge in [-0.3, -0.25) is 0 Å². The number of halogens is 2. The number of alkyl halides is 1. The van der Waals surface area contributed by atoms with Gasteiger partial charge in [0.1, 0.15) is 0 Å². The average Bonchev–Trinajstić information content (AvgIpc) is 2.42. The number of hydrogen-bond donors (Lipinski definition) is 2. The van der Waals surface area contributed by atoms with E-state index in [4.69, 9.17) is 0 Å². The molecule has 0 atom stereocenters. The molecule has 1 aromatic carbocycles. The maximum atomic E-state index is 11.0. The van der Waals surface area contributed by atoms with Crippen molar-refractivity contribution < 1.29 is 0 Å². The van der Waals surface area contributed by atoms with E-state index in [0.29, 0.717) is 0 Å². The lowest BCUT2D eigenvalue weighted by Gasteiger charge is -1.99. The first-order chi connectivity index (χ1) is 6.20. The summed E-state index contributed by atoms with van der Waals surface area (Å²) in [6.07, 6.45) is 0. The highest BCUT2D eigenvalue weighted by molar-refractivity contribution is 9.10. The number of nitrogens with one attached hydrogen (secondary N) is 2. The molecule has 0 fully saturated rings. The van der Waals surface area contributed by atoms with E-state index in [9.17, 15) is 4.79 Å². The SMILES string of the molecule is O=c1[nH]c2cc(Br)c(CBr)cc2[nH]1. The predicted molar refractivity (Wildman–Crippen MR) is 59.3 cm³/mol. The molecule has 0 aliphatic heterocycles. The molecule has 5 heteroatoms. The highest BCUT2D eigenvalue weighted by Crippen LogP contribution is 2.23. The summed E-state index contributed by atoms with van der Waals surface area (Å²) in [4.78, 5) is 16.4. The van der Waals surface area contributed by atoms with Gasteiger partial charge in [-0.1, -0.05) is 31.9 Å². The van der Waals surface area contributed by atoms with Crippen LogP contribution in [0.3, 0.4) is 0 Å². The second-order valence-electron chi connectivity index (χ2n) is 2.70. The first-order valence-electron chi connectivity index (χ1n) is 3.67. The zero-order valence-electron chi connectivity index (χ0n) is 6.53. The predicted octanol–water partition coefficient (Wildman–Crippen LogP) is 2.51. The molecule has 0 spiro atoms. The molecule has 3 nitrogen and oxygen atoms in total. The zero-order chi connectivity index (χ0) is 9.42. The summed E-state index contributed by atoms with van der Waals surface area (Å²) in [5.74, 6) is 0. The van der Waals surface area contributed by atoms with Gasteiger partial charge in [0.15, 0.2) is 0 Å². The van der Waals surface area contributed by atoms with Gasteiger partial charge in [-0.15, -0.1) is 0 Å². The lowest BCUT2D eigenvalue weighted by molar-refractivity contribution is 1.21. The molecule has 0 saturated heterocycles. The summed E-state index contributed by atoms with van der Waals surface area (Å²) < 4.78 is 0.993. The second-order valence-corrected chi connectivity index (χ2v) is 4.12. The highest BCUT2D eigenvalue weighted by atomic mass is 79.9. The third-order valence-electron chi connectivity index (χ3n) is 1.83. The van der Waals surface area contributed by atoms with Crippen LogP contribution >= 0.6 is 31.9 Å². The number of benzene rings is 1. The fourth-order valence-electron chi connectivity index (χ4n) is 1.20. The Balaban J connectivity index is 2.80. The van der Waals surface area contributed by atoms with E-state index in [1.165, 1.54) is 0 Å². The Morgan fingerprint density at radius 3 is 2.46 bits per heavy atom. The molecule has 2 rings (SSSR count).